The second-order valence-electron chi connectivity index (χ2n) is 4.95. The molecule has 1 fully saturated rings. The minimum absolute atomic E-state index is 0.230. The fourth-order valence-electron chi connectivity index (χ4n) is 2.57. The van der Waals surface area contributed by atoms with Crippen molar-refractivity contribution in [2.75, 3.05) is 20.1 Å². The zero-order valence-electron chi connectivity index (χ0n) is 11.2. The van der Waals surface area contributed by atoms with Crippen molar-refractivity contribution in [3.05, 3.63) is 21.9 Å². The van der Waals surface area contributed by atoms with Crippen LogP contribution in [0.15, 0.2) is 12.1 Å². The van der Waals surface area contributed by atoms with Crippen molar-refractivity contribution in [2.45, 2.75) is 38.6 Å². The number of piperidine rings is 1. The summed E-state index contributed by atoms with van der Waals surface area (Å²) in [5.74, 6) is 0.230. The molecule has 0 bridgehead atoms. The number of amides is 1. The van der Waals surface area contributed by atoms with Crippen LogP contribution in [-0.4, -0.2) is 37.0 Å². The smallest absolute Gasteiger partial charge is 0.264 e. The first-order valence-electron chi connectivity index (χ1n) is 6.74. The van der Waals surface area contributed by atoms with Crippen molar-refractivity contribution >= 4 is 17.2 Å². The van der Waals surface area contributed by atoms with Crippen LogP contribution in [0.3, 0.4) is 0 Å². The minimum Gasteiger partial charge on any atom is -0.335 e. The average Bonchev–Trinajstić information content (AvgIpc) is 2.82. The molecule has 1 N–H and O–H groups in total. The lowest BCUT2D eigenvalue weighted by molar-refractivity contribution is 0.0607. The lowest BCUT2D eigenvalue weighted by Crippen LogP contribution is -2.44. The molecule has 1 aliphatic heterocycles. The number of aryl methyl sites for hydroxylation is 1. The Bertz CT molecular complexity index is 402. The Morgan fingerprint density at radius 3 is 3.00 bits per heavy atom. The molecule has 2 rings (SSSR count). The molecule has 18 heavy (non-hydrogen) atoms. The zero-order valence-corrected chi connectivity index (χ0v) is 12.1. The fourth-order valence-corrected chi connectivity index (χ4v) is 3.39. The van der Waals surface area contributed by atoms with E-state index < -0.39 is 0 Å². The van der Waals surface area contributed by atoms with Crippen molar-refractivity contribution in [3.8, 4) is 0 Å². The Labute approximate surface area is 113 Å². The van der Waals surface area contributed by atoms with Gasteiger partial charge >= 0.3 is 0 Å². The van der Waals surface area contributed by atoms with Crippen LogP contribution in [0.4, 0.5) is 0 Å². The van der Waals surface area contributed by atoms with E-state index in [0.29, 0.717) is 6.04 Å². The van der Waals surface area contributed by atoms with Gasteiger partial charge in [0.15, 0.2) is 0 Å². The molecule has 100 valence electrons. The van der Waals surface area contributed by atoms with Crippen LogP contribution in [0.2, 0.25) is 0 Å². The summed E-state index contributed by atoms with van der Waals surface area (Å²) in [6.45, 7) is 3.96. The number of hydrogen-bond acceptors (Lipinski definition) is 3. The van der Waals surface area contributed by atoms with E-state index >= 15 is 0 Å². The number of rotatable bonds is 4. The maximum absolute atomic E-state index is 12.5. The number of carbonyl (C=O) groups is 1. The van der Waals surface area contributed by atoms with Gasteiger partial charge in [0.1, 0.15) is 0 Å². The van der Waals surface area contributed by atoms with E-state index in [1.165, 1.54) is 11.3 Å². The van der Waals surface area contributed by atoms with Crippen molar-refractivity contribution in [1.29, 1.82) is 0 Å². The van der Waals surface area contributed by atoms with Crippen molar-refractivity contribution in [3.63, 3.8) is 0 Å². The summed E-state index contributed by atoms with van der Waals surface area (Å²) in [5, 5.41) is 3.18. The number of hydrogen-bond donors (Lipinski definition) is 1. The van der Waals surface area contributed by atoms with Gasteiger partial charge in [0.2, 0.25) is 0 Å². The van der Waals surface area contributed by atoms with Crippen LogP contribution in [0.25, 0.3) is 0 Å². The van der Waals surface area contributed by atoms with Gasteiger partial charge in [-0.1, -0.05) is 0 Å². The third kappa shape index (κ3) is 3.12. The first kappa shape index (κ1) is 13.6. The molecule has 3 nitrogen and oxygen atoms in total. The van der Waals surface area contributed by atoms with Gasteiger partial charge in [-0.25, -0.2) is 0 Å². The number of thiophene rings is 1. The van der Waals surface area contributed by atoms with Gasteiger partial charge in [0, 0.05) is 17.5 Å². The standard InChI is InChI=1S/C14H22N2OS/c1-11-6-7-13(18-11)14(17)16-10-4-3-5-12(16)8-9-15-2/h6-7,12,15H,3-5,8-10H2,1-2H3. The Morgan fingerprint density at radius 2 is 2.33 bits per heavy atom. The highest BCUT2D eigenvalue weighted by molar-refractivity contribution is 7.13. The molecule has 0 aliphatic carbocycles. The summed E-state index contributed by atoms with van der Waals surface area (Å²) in [7, 11) is 1.97. The number of nitrogens with zero attached hydrogens (tertiary/aromatic N) is 1. The molecule has 1 saturated heterocycles. The van der Waals surface area contributed by atoms with Crippen molar-refractivity contribution < 1.29 is 4.79 Å². The minimum atomic E-state index is 0.230. The first-order chi connectivity index (χ1) is 8.72. The van der Waals surface area contributed by atoms with Gasteiger partial charge < -0.3 is 10.2 Å². The van der Waals surface area contributed by atoms with E-state index in [2.05, 4.69) is 17.1 Å². The summed E-state index contributed by atoms with van der Waals surface area (Å²) >= 11 is 1.61. The molecule has 1 unspecified atom stereocenters. The Kier molecular flexibility index (Phi) is 4.78. The van der Waals surface area contributed by atoms with E-state index in [9.17, 15) is 4.79 Å². The highest BCUT2D eigenvalue weighted by Gasteiger charge is 2.27. The highest BCUT2D eigenvalue weighted by atomic mass is 32.1. The SMILES string of the molecule is CNCCC1CCCCN1C(=O)c1ccc(C)s1. The Balaban J connectivity index is 2.06. The third-order valence-electron chi connectivity index (χ3n) is 3.57. The van der Waals surface area contributed by atoms with E-state index in [-0.39, 0.29) is 5.91 Å². The molecule has 1 amide bonds. The van der Waals surface area contributed by atoms with Crippen LogP contribution in [0, 0.1) is 6.92 Å². The maximum Gasteiger partial charge on any atom is 0.264 e. The third-order valence-corrected chi connectivity index (χ3v) is 4.56. The molecule has 0 saturated carbocycles. The second kappa shape index (κ2) is 6.34. The molecule has 0 radical (unpaired) electrons. The first-order valence-corrected chi connectivity index (χ1v) is 7.56. The van der Waals surface area contributed by atoms with E-state index in [4.69, 9.17) is 0 Å². The van der Waals surface area contributed by atoms with Gasteiger partial charge in [-0.15, -0.1) is 11.3 Å². The lowest BCUT2D eigenvalue weighted by atomic mass is 9.99. The fraction of sp³-hybridized carbons (Fsp3) is 0.643. The average molecular weight is 266 g/mol. The zero-order chi connectivity index (χ0) is 13.0. The quantitative estimate of drug-likeness (QED) is 0.908. The van der Waals surface area contributed by atoms with Crippen LogP contribution >= 0.6 is 11.3 Å². The predicted molar refractivity (Wildman–Crippen MR) is 76.3 cm³/mol. The topological polar surface area (TPSA) is 32.3 Å². The number of carbonyl (C=O) groups excluding carboxylic acids is 1. The molecule has 1 aliphatic rings. The van der Waals surface area contributed by atoms with Gasteiger partial charge in [-0.05, 0) is 58.3 Å². The summed E-state index contributed by atoms with van der Waals surface area (Å²) in [5.41, 5.74) is 0. The molecular formula is C14H22N2OS. The van der Waals surface area contributed by atoms with E-state index in [0.717, 1.165) is 37.2 Å². The number of likely N-dealkylation sites (tertiary alicyclic amines) is 1. The molecule has 4 heteroatoms. The maximum atomic E-state index is 12.5. The largest absolute Gasteiger partial charge is 0.335 e. The molecule has 1 aromatic rings. The Morgan fingerprint density at radius 1 is 1.50 bits per heavy atom. The summed E-state index contributed by atoms with van der Waals surface area (Å²) < 4.78 is 0. The summed E-state index contributed by atoms with van der Waals surface area (Å²) in [4.78, 5) is 16.7. The second-order valence-corrected chi connectivity index (χ2v) is 6.24. The molecule has 2 heterocycles. The van der Waals surface area contributed by atoms with Gasteiger partial charge in [-0.3, -0.25) is 4.79 Å². The van der Waals surface area contributed by atoms with E-state index in [1.54, 1.807) is 11.3 Å². The van der Waals surface area contributed by atoms with Crippen LogP contribution < -0.4 is 5.32 Å². The predicted octanol–water partition coefficient (Wildman–Crippen LogP) is 2.66. The number of nitrogens with one attached hydrogen (secondary N) is 1. The summed E-state index contributed by atoms with van der Waals surface area (Å²) in [6.07, 6.45) is 4.61. The van der Waals surface area contributed by atoms with Crippen LogP contribution in [0.5, 0.6) is 0 Å². The Hall–Kier alpha value is -0.870. The monoisotopic (exact) mass is 266 g/mol. The van der Waals surface area contributed by atoms with Crippen LogP contribution in [-0.2, 0) is 0 Å². The lowest BCUT2D eigenvalue weighted by Gasteiger charge is -2.35. The molecule has 1 aromatic heterocycles. The van der Waals surface area contributed by atoms with Gasteiger partial charge in [-0.2, -0.15) is 0 Å². The molecule has 0 aromatic carbocycles. The van der Waals surface area contributed by atoms with Gasteiger partial charge in [0.05, 0.1) is 4.88 Å². The van der Waals surface area contributed by atoms with Crippen LogP contribution in [0.1, 0.15) is 40.2 Å². The molecule has 0 spiro atoms. The van der Waals surface area contributed by atoms with Gasteiger partial charge in [0.25, 0.3) is 5.91 Å². The normalized spacial score (nSPS) is 20.1. The highest BCUT2D eigenvalue weighted by Crippen LogP contribution is 2.24. The van der Waals surface area contributed by atoms with Crippen molar-refractivity contribution in [2.24, 2.45) is 0 Å². The van der Waals surface area contributed by atoms with Crippen molar-refractivity contribution in [1.82, 2.24) is 10.2 Å². The molecular weight excluding hydrogens is 244 g/mol. The van der Waals surface area contributed by atoms with E-state index in [1.807, 2.05) is 19.2 Å². The molecule has 1 atom stereocenters. The summed E-state index contributed by atoms with van der Waals surface area (Å²) in [6, 6.07) is 4.41.